The second-order valence-corrected chi connectivity index (χ2v) is 7.28. The van der Waals surface area contributed by atoms with Gasteiger partial charge in [0.1, 0.15) is 5.75 Å². The molecule has 1 atom stereocenters. The number of carbonyl (C=O) groups is 1. The Hall–Kier alpha value is -3.01. The van der Waals surface area contributed by atoms with E-state index < -0.39 is 0 Å². The fraction of sp³-hybridized carbons (Fsp3) is 0.292. The van der Waals surface area contributed by atoms with Crippen molar-refractivity contribution in [3.05, 3.63) is 77.9 Å². The van der Waals surface area contributed by atoms with Crippen LogP contribution in [-0.4, -0.2) is 31.1 Å². The van der Waals surface area contributed by atoms with E-state index in [1.807, 2.05) is 43.4 Å². The number of nitrogens with zero attached hydrogens (tertiary/aromatic N) is 1. The lowest BCUT2D eigenvalue weighted by Crippen LogP contribution is -2.41. The molecule has 0 saturated carbocycles. The molecule has 0 aliphatic carbocycles. The van der Waals surface area contributed by atoms with Crippen LogP contribution in [0.4, 0.5) is 4.79 Å². The highest BCUT2D eigenvalue weighted by molar-refractivity contribution is 5.84. The third-order valence-electron chi connectivity index (χ3n) is 4.96. The van der Waals surface area contributed by atoms with E-state index in [4.69, 9.17) is 4.74 Å². The molecule has 0 aliphatic heterocycles. The SMILES string of the molecule is COc1ccc2cc(CN(C)C(=O)NC(C)CCc3ccccc3)ccc2c1. The van der Waals surface area contributed by atoms with Gasteiger partial charge in [-0.3, -0.25) is 0 Å². The summed E-state index contributed by atoms with van der Waals surface area (Å²) in [5.74, 6) is 0.848. The van der Waals surface area contributed by atoms with Crippen LogP contribution in [0.15, 0.2) is 66.7 Å². The van der Waals surface area contributed by atoms with Crippen molar-refractivity contribution in [2.24, 2.45) is 0 Å². The minimum absolute atomic E-state index is 0.0459. The van der Waals surface area contributed by atoms with Crippen LogP contribution < -0.4 is 10.1 Å². The summed E-state index contributed by atoms with van der Waals surface area (Å²) >= 11 is 0. The smallest absolute Gasteiger partial charge is 0.317 e. The number of rotatable bonds is 7. The number of urea groups is 1. The minimum atomic E-state index is -0.0459. The number of benzene rings is 3. The summed E-state index contributed by atoms with van der Waals surface area (Å²) in [5, 5.41) is 5.36. The normalized spacial score (nSPS) is 11.8. The Balaban J connectivity index is 1.53. The van der Waals surface area contributed by atoms with Gasteiger partial charge in [0.25, 0.3) is 0 Å². The first-order valence-corrected chi connectivity index (χ1v) is 9.67. The molecule has 0 aromatic heterocycles. The van der Waals surface area contributed by atoms with Crippen molar-refractivity contribution < 1.29 is 9.53 Å². The number of hydrogen-bond acceptors (Lipinski definition) is 2. The Morgan fingerprint density at radius 3 is 2.46 bits per heavy atom. The first-order valence-electron chi connectivity index (χ1n) is 9.67. The Kier molecular flexibility index (Phi) is 6.53. The van der Waals surface area contributed by atoms with E-state index in [1.165, 1.54) is 5.56 Å². The van der Waals surface area contributed by atoms with Crippen molar-refractivity contribution >= 4 is 16.8 Å². The van der Waals surface area contributed by atoms with Gasteiger partial charge in [0.2, 0.25) is 0 Å². The number of nitrogens with one attached hydrogen (secondary N) is 1. The molecule has 0 radical (unpaired) electrons. The fourth-order valence-electron chi connectivity index (χ4n) is 3.27. The fourth-order valence-corrected chi connectivity index (χ4v) is 3.27. The minimum Gasteiger partial charge on any atom is -0.497 e. The van der Waals surface area contributed by atoms with Crippen LogP contribution in [0.5, 0.6) is 5.75 Å². The van der Waals surface area contributed by atoms with E-state index in [1.54, 1.807) is 12.0 Å². The first kappa shape index (κ1) is 19.7. The molecule has 0 heterocycles. The standard InChI is InChI=1S/C24H28N2O2/c1-18(9-10-19-7-5-4-6-8-19)25-24(27)26(2)17-20-11-12-22-16-23(28-3)14-13-21(22)15-20/h4-8,11-16,18H,9-10,17H2,1-3H3,(H,25,27). The molecule has 0 fully saturated rings. The average Bonchev–Trinajstić information content (AvgIpc) is 2.72. The summed E-state index contributed by atoms with van der Waals surface area (Å²) in [5.41, 5.74) is 2.40. The van der Waals surface area contributed by atoms with Gasteiger partial charge in [-0.25, -0.2) is 4.79 Å². The van der Waals surface area contributed by atoms with Crippen LogP contribution in [0.1, 0.15) is 24.5 Å². The van der Waals surface area contributed by atoms with E-state index in [9.17, 15) is 4.79 Å². The molecule has 1 N–H and O–H groups in total. The molecule has 0 aliphatic rings. The summed E-state index contributed by atoms with van der Waals surface area (Å²) in [6, 6.07) is 22.7. The number of carbonyl (C=O) groups excluding carboxylic acids is 1. The predicted octanol–water partition coefficient (Wildman–Crippen LogP) is 5.01. The molecule has 3 aromatic rings. The van der Waals surface area contributed by atoms with Gasteiger partial charge in [0.15, 0.2) is 0 Å². The zero-order chi connectivity index (χ0) is 19.9. The number of fused-ring (bicyclic) bond motifs is 1. The molecule has 2 amide bonds. The van der Waals surface area contributed by atoms with Crippen molar-refractivity contribution in [2.45, 2.75) is 32.4 Å². The van der Waals surface area contributed by atoms with Crippen LogP contribution in [0.25, 0.3) is 10.8 Å². The zero-order valence-corrected chi connectivity index (χ0v) is 16.8. The van der Waals surface area contributed by atoms with Crippen LogP contribution in [0.2, 0.25) is 0 Å². The molecular weight excluding hydrogens is 348 g/mol. The highest BCUT2D eigenvalue weighted by atomic mass is 16.5. The van der Waals surface area contributed by atoms with E-state index >= 15 is 0 Å². The van der Waals surface area contributed by atoms with Crippen molar-refractivity contribution in [3.8, 4) is 5.75 Å². The molecular formula is C24H28N2O2. The number of amides is 2. The quantitative estimate of drug-likeness (QED) is 0.630. The largest absolute Gasteiger partial charge is 0.497 e. The molecule has 4 nitrogen and oxygen atoms in total. The lowest BCUT2D eigenvalue weighted by Gasteiger charge is -2.22. The summed E-state index contributed by atoms with van der Waals surface area (Å²) < 4.78 is 5.27. The van der Waals surface area contributed by atoms with Crippen molar-refractivity contribution in [2.75, 3.05) is 14.2 Å². The summed E-state index contributed by atoms with van der Waals surface area (Å²) in [7, 11) is 3.50. The highest BCUT2D eigenvalue weighted by Crippen LogP contribution is 2.22. The third kappa shape index (κ3) is 5.26. The molecule has 146 valence electrons. The zero-order valence-electron chi connectivity index (χ0n) is 16.8. The number of aryl methyl sites for hydroxylation is 1. The first-order chi connectivity index (χ1) is 13.5. The lowest BCUT2D eigenvalue weighted by molar-refractivity contribution is 0.203. The Morgan fingerprint density at radius 1 is 1.00 bits per heavy atom. The van der Waals surface area contributed by atoms with Gasteiger partial charge in [-0.15, -0.1) is 0 Å². The number of hydrogen-bond donors (Lipinski definition) is 1. The van der Waals surface area contributed by atoms with Gasteiger partial charge in [0.05, 0.1) is 7.11 Å². The predicted molar refractivity (Wildman–Crippen MR) is 115 cm³/mol. The van der Waals surface area contributed by atoms with Gasteiger partial charge in [0, 0.05) is 19.6 Å². The van der Waals surface area contributed by atoms with Crippen molar-refractivity contribution in [1.82, 2.24) is 10.2 Å². The van der Waals surface area contributed by atoms with Gasteiger partial charge in [-0.2, -0.15) is 0 Å². The van der Waals surface area contributed by atoms with Crippen LogP contribution >= 0.6 is 0 Å². The molecule has 3 rings (SSSR count). The maximum atomic E-state index is 12.5. The van der Waals surface area contributed by atoms with Crippen molar-refractivity contribution in [1.29, 1.82) is 0 Å². The summed E-state index contributed by atoms with van der Waals surface area (Å²) in [6.45, 7) is 2.62. The topological polar surface area (TPSA) is 41.6 Å². The van der Waals surface area contributed by atoms with Gasteiger partial charge in [-0.05, 0) is 59.9 Å². The van der Waals surface area contributed by atoms with E-state index in [-0.39, 0.29) is 12.1 Å². The molecule has 3 aromatic carbocycles. The second kappa shape index (κ2) is 9.27. The Labute approximate surface area is 167 Å². The molecule has 28 heavy (non-hydrogen) atoms. The summed E-state index contributed by atoms with van der Waals surface area (Å²) in [4.78, 5) is 14.2. The van der Waals surface area contributed by atoms with Gasteiger partial charge in [-0.1, -0.05) is 48.5 Å². The van der Waals surface area contributed by atoms with Gasteiger partial charge >= 0.3 is 6.03 Å². The van der Waals surface area contributed by atoms with Crippen LogP contribution in [0, 0.1) is 0 Å². The molecule has 0 bridgehead atoms. The average molecular weight is 377 g/mol. The maximum Gasteiger partial charge on any atom is 0.317 e. The summed E-state index contributed by atoms with van der Waals surface area (Å²) in [6.07, 6.45) is 1.88. The van der Waals surface area contributed by atoms with Crippen LogP contribution in [-0.2, 0) is 13.0 Å². The van der Waals surface area contributed by atoms with Crippen molar-refractivity contribution in [3.63, 3.8) is 0 Å². The molecule has 0 saturated heterocycles. The maximum absolute atomic E-state index is 12.5. The molecule has 1 unspecified atom stereocenters. The Bertz CT molecular complexity index is 924. The molecule has 0 spiro atoms. The Morgan fingerprint density at radius 2 is 1.71 bits per heavy atom. The second-order valence-electron chi connectivity index (χ2n) is 7.28. The third-order valence-corrected chi connectivity index (χ3v) is 4.96. The highest BCUT2D eigenvalue weighted by Gasteiger charge is 2.13. The lowest BCUT2D eigenvalue weighted by atomic mass is 10.1. The van der Waals surface area contributed by atoms with Crippen LogP contribution in [0.3, 0.4) is 0 Å². The van der Waals surface area contributed by atoms with Gasteiger partial charge < -0.3 is 15.0 Å². The van der Waals surface area contributed by atoms with E-state index in [0.717, 1.165) is 34.9 Å². The van der Waals surface area contributed by atoms with E-state index in [2.05, 4.69) is 42.6 Å². The van der Waals surface area contributed by atoms with E-state index in [0.29, 0.717) is 6.54 Å². The monoisotopic (exact) mass is 376 g/mol. The number of methoxy groups -OCH3 is 1. The molecule has 4 heteroatoms. The number of ether oxygens (including phenoxy) is 1.